The molecule has 2 fully saturated rings. The van der Waals surface area contributed by atoms with Crippen molar-refractivity contribution in [1.29, 1.82) is 0 Å². The van der Waals surface area contributed by atoms with Crippen LogP contribution in [0, 0.1) is 0 Å². The highest BCUT2D eigenvalue weighted by atomic mass is 32.2. The zero-order chi connectivity index (χ0) is 24.7. The van der Waals surface area contributed by atoms with E-state index in [2.05, 4.69) is 4.98 Å². The largest absolute Gasteiger partial charge is 0.386 e. The second-order valence-corrected chi connectivity index (χ2v) is 10.8. The van der Waals surface area contributed by atoms with Crippen LogP contribution in [0.2, 0.25) is 0 Å². The van der Waals surface area contributed by atoms with Gasteiger partial charge in [0.25, 0.3) is 5.91 Å². The number of nitrogens with one attached hydrogen (secondary N) is 1. The molecule has 2 heterocycles. The number of carbonyl (C=O) groups excluding carboxylic acids is 1. The lowest BCUT2D eigenvalue weighted by atomic mass is 9.93. The quantitative estimate of drug-likeness (QED) is 0.515. The highest BCUT2D eigenvalue weighted by Gasteiger charge is 2.54. The summed E-state index contributed by atoms with van der Waals surface area (Å²) in [6.07, 6.45) is -2.21. The zero-order valence-electron chi connectivity index (χ0n) is 17.9. The summed E-state index contributed by atoms with van der Waals surface area (Å²) in [6.45, 7) is -1.76. The van der Waals surface area contributed by atoms with Crippen LogP contribution in [0.15, 0.2) is 42.6 Å². The molecule has 1 aliphatic carbocycles. The molecule has 2 N–H and O–H groups in total. The minimum absolute atomic E-state index is 0.131. The Hall–Kier alpha value is -2.57. The number of nitrogens with zero attached hydrogens (tertiary/aromatic N) is 2. The van der Waals surface area contributed by atoms with E-state index >= 15 is 4.39 Å². The second-order valence-electron chi connectivity index (χ2n) is 8.55. The molecular formula is C22H23F4N3O4S. The zero-order valence-corrected chi connectivity index (χ0v) is 18.7. The first kappa shape index (κ1) is 24.6. The molecule has 1 amide bonds. The van der Waals surface area contributed by atoms with Crippen molar-refractivity contribution in [2.75, 3.05) is 19.8 Å². The predicted octanol–water partition coefficient (Wildman–Crippen LogP) is 2.47. The van der Waals surface area contributed by atoms with Crippen LogP contribution in [-0.2, 0) is 20.5 Å². The van der Waals surface area contributed by atoms with Crippen molar-refractivity contribution >= 4 is 15.9 Å². The molecule has 1 aromatic heterocycles. The van der Waals surface area contributed by atoms with Crippen molar-refractivity contribution in [2.45, 2.75) is 42.3 Å². The molecular weight excluding hydrogens is 478 g/mol. The molecule has 1 aliphatic heterocycles. The van der Waals surface area contributed by atoms with Gasteiger partial charge in [-0.15, -0.1) is 0 Å². The molecule has 7 nitrogen and oxygen atoms in total. The number of halogens is 4. The van der Waals surface area contributed by atoms with E-state index in [1.807, 2.05) is 0 Å². The van der Waals surface area contributed by atoms with Crippen LogP contribution in [0.5, 0.6) is 0 Å². The predicted molar refractivity (Wildman–Crippen MR) is 115 cm³/mol. The number of aliphatic hydroxyl groups is 1. The normalized spacial score (nSPS) is 19.9. The third-order valence-electron chi connectivity index (χ3n) is 6.04. The summed E-state index contributed by atoms with van der Waals surface area (Å²) in [7, 11) is -3.43. The van der Waals surface area contributed by atoms with Gasteiger partial charge in [0.2, 0.25) is 10.0 Å². The maximum Gasteiger partial charge on any atom is 0.315 e. The Labute approximate surface area is 193 Å². The molecule has 1 aromatic carbocycles. The number of amides is 1. The van der Waals surface area contributed by atoms with Crippen LogP contribution in [0.1, 0.15) is 30.2 Å². The highest BCUT2D eigenvalue weighted by molar-refractivity contribution is 7.90. The van der Waals surface area contributed by atoms with Crippen molar-refractivity contribution in [3.8, 4) is 11.1 Å². The number of benzene rings is 1. The third-order valence-corrected chi connectivity index (χ3v) is 8.33. The number of rotatable bonds is 9. The van der Waals surface area contributed by atoms with Crippen LogP contribution in [0.4, 0.5) is 17.6 Å². The molecule has 34 heavy (non-hydrogen) atoms. The van der Waals surface area contributed by atoms with Gasteiger partial charge in [0, 0.05) is 11.8 Å². The molecule has 0 bridgehead atoms. The SMILES string of the molecule is O=C(NC(CF)C(O)c1ccc(-c2ccc(C3(F)CN(S(=O)(=O)C4CC4)C3)nc2)cc1)C(F)F. The van der Waals surface area contributed by atoms with Gasteiger partial charge in [-0.1, -0.05) is 30.3 Å². The Morgan fingerprint density at radius 2 is 1.76 bits per heavy atom. The smallest absolute Gasteiger partial charge is 0.315 e. The van der Waals surface area contributed by atoms with Crippen molar-refractivity contribution in [2.24, 2.45) is 0 Å². The lowest BCUT2D eigenvalue weighted by molar-refractivity contribution is -0.133. The van der Waals surface area contributed by atoms with Crippen LogP contribution in [0.25, 0.3) is 11.1 Å². The van der Waals surface area contributed by atoms with E-state index in [1.54, 1.807) is 23.5 Å². The average Bonchev–Trinajstić information content (AvgIpc) is 3.66. The van der Waals surface area contributed by atoms with Gasteiger partial charge >= 0.3 is 6.43 Å². The van der Waals surface area contributed by atoms with Gasteiger partial charge in [-0.05, 0) is 30.0 Å². The van der Waals surface area contributed by atoms with Gasteiger partial charge < -0.3 is 10.4 Å². The highest BCUT2D eigenvalue weighted by Crippen LogP contribution is 2.41. The van der Waals surface area contributed by atoms with Crippen molar-refractivity contribution < 1.29 is 35.9 Å². The van der Waals surface area contributed by atoms with Gasteiger partial charge in [0.05, 0.1) is 30.1 Å². The molecule has 1 saturated carbocycles. The first-order valence-electron chi connectivity index (χ1n) is 10.6. The number of alkyl halides is 4. The topological polar surface area (TPSA) is 99.6 Å². The van der Waals surface area contributed by atoms with E-state index in [0.29, 0.717) is 24.0 Å². The molecule has 4 rings (SSSR count). The summed E-state index contributed by atoms with van der Waals surface area (Å²) in [6, 6.07) is 7.65. The fourth-order valence-electron chi connectivity index (χ4n) is 3.81. The van der Waals surface area contributed by atoms with Crippen molar-refractivity contribution in [3.63, 3.8) is 0 Å². The Kier molecular flexibility index (Phi) is 6.67. The van der Waals surface area contributed by atoms with Crippen LogP contribution >= 0.6 is 0 Å². The Morgan fingerprint density at radius 1 is 1.15 bits per heavy atom. The van der Waals surface area contributed by atoms with Crippen LogP contribution in [-0.4, -0.2) is 66.2 Å². The molecule has 0 spiro atoms. The molecule has 2 unspecified atom stereocenters. The molecule has 1 saturated heterocycles. The van der Waals surface area contributed by atoms with E-state index in [-0.39, 0.29) is 24.3 Å². The molecule has 2 aliphatic rings. The first-order valence-corrected chi connectivity index (χ1v) is 12.1. The summed E-state index contributed by atoms with van der Waals surface area (Å²) < 4.78 is 78.6. The minimum atomic E-state index is -3.43. The van der Waals surface area contributed by atoms with Gasteiger partial charge in [-0.2, -0.15) is 13.1 Å². The van der Waals surface area contributed by atoms with Crippen molar-refractivity contribution in [3.05, 3.63) is 53.9 Å². The Balaban J connectivity index is 1.41. The number of hydrogen-bond acceptors (Lipinski definition) is 5. The Bertz CT molecular complexity index is 1140. The fourth-order valence-corrected chi connectivity index (χ4v) is 5.74. The van der Waals surface area contributed by atoms with Crippen molar-refractivity contribution in [1.82, 2.24) is 14.6 Å². The molecule has 12 heteroatoms. The van der Waals surface area contributed by atoms with Gasteiger partial charge in [-0.3, -0.25) is 9.78 Å². The van der Waals surface area contributed by atoms with E-state index in [1.165, 1.54) is 24.4 Å². The monoisotopic (exact) mass is 501 g/mol. The number of carbonyl (C=O) groups is 1. The summed E-state index contributed by atoms with van der Waals surface area (Å²) in [5.74, 6) is -1.67. The lowest BCUT2D eigenvalue weighted by Crippen LogP contribution is -2.59. The lowest BCUT2D eigenvalue weighted by Gasteiger charge is -2.42. The van der Waals surface area contributed by atoms with E-state index < -0.39 is 52.1 Å². The van der Waals surface area contributed by atoms with E-state index in [4.69, 9.17) is 0 Å². The fraction of sp³-hybridized carbons (Fsp3) is 0.455. The summed E-state index contributed by atoms with van der Waals surface area (Å²) in [5.41, 5.74) is -0.254. The summed E-state index contributed by atoms with van der Waals surface area (Å²) >= 11 is 0. The molecule has 184 valence electrons. The maximum atomic E-state index is 15.1. The number of aromatic nitrogens is 1. The van der Waals surface area contributed by atoms with Gasteiger partial charge in [0.1, 0.15) is 12.8 Å². The average molecular weight is 502 g/mol. The minimum Gasteiger partial charge on any atom is -0.386 e. The maximum absolute atomic E-state index is 15.1. The van der Waals surface area contributed by atoms with E-state index in [9.17, 15) is 31.5 Å². The second kappa shape index (κ2) is 9.23. The summed E-state index contributed by atoms with van der Waals surface area (Å²) in [4.78, 5) is 15.3. The number of hydrogen-bond donors (Lipinski definition) is 2. The third kappa shape index (κ3) is 4.80. The van der Waals surface area contributed by atoms with Crippen LogP contribution < -0.4 is 5.32 Å². The van der Waals surface area contributed by atoms with Gasteiger partial charge in [-0.25, -0.2) is 17.2 Å². The number of aliphatic hydroxyl groups excluding tert-OH is 1. The standard InChI is InChI=1S/C22H23F4N3O4S/c23-9-17(28-21(31)20(24)25)19(30)14-3-1-13(2-4-14)15-5-8-18(27-10-15)22(26)11-29(12-22)34(32,33)16-6-7-16/h1-5,8,10,16-17,19-20,30H,6-7,9,11-12H2,(H,28,31). The van der Waals surface area contributed by atoms with E-state index in [0.717, 1.165) is 4.31 Å². The number of sulfonamides is 1. The molecule has 0 radical (unpaired) electrons. The Morgan fingerprint density at radius 3 is 2.26 bits per heavy atom. The van der Waals surface area contributed by atoms with Crippen LogP contribution in [0.3, 0.4) is 0 Å². The molecule has 2 atom stereocenters. The van der Waals surface area contributed by atoms with Gasteiger partial charge in [0.15, 0.2) is 5.67 Å². The molecule has 2 aromatic rings. The summed E-state index contributed by atoms with van der Waals surface area (Å²) in [5, 5.41) is 11.6. The number of pyridine rings is 1. The first-order chi connectivity index (χ1) is 16.0.